The summed E-state index contributed by atoms with van der Waals surface area (Å²) in [5, 5.41) is 6.03. The first-order chi connectivity index (χ1) is 20.4. The van der Waals surface area contributed by atoms with E-state index in [1.807, 2.05) is 6.07 Å². The Labute approximate surface area is 252 Å². The molecule has 43 heavy (non-hydrogen) atoms. The second-order valence-electron chi connectivity index (χ2n) is 11.1. The number of piperidine rings is 1. The second-order valence-corrected chi connectivity index (χ2v) is 12.8. The highest BCUT2D eigenvalue weighted by Gasteiger charge is 2.32. The van der Waals surface area contributed by atoms with Gasteiger partial charge in [-0.3, -0.25) is 9.59 Å². The fraction of sp³-hybridized carbons (Fsp3) is 0.400. The molecule has 0 spiro atoms. The van der Waals surface area contributed by atoms with Crippen LogP contribution in [0.4, 0.5) is 11.6 Å². The maximum atomic E-state index is 13.2. The van der Waals surface area contributed by atoms with Crippen LogP contribution in [-0.4, -0.2) is 80.8 Å². The molecule has 1 amide bonds. The van der Waals surface area contributed by atoms with Gasteiger partial charge in [-0.1, -0.05) is 24.3 Å². The van der Waals surface area contributed by atoms with Crippen molar-refractivity contribution >= 4 is 33.5 Å². The third-order valence-corrected chi connectivity index (χ3v) is 8.21. The van der Waals surface area contributed by atoms with Gasteiger partial charge in [-0.2, -0.15) is 4.72 Å². The minimum atomic E-state index is -4.06. The highest BCUT2D eigenvalue weighted by Crippen LogP contribution is 2.24. The van der Waals surface area contributed by atoms with Gasteiger partial charge in [-0.25, -0.2) is 18.4 Å². The average Bonchev–Trinajstić information content (AvgIpc) is 2.99. The van der Waals surface area contributed by atoms with Gasteiger partial charge in [-0.15, -0.1) is 0 Å². The maximum Gasteiger partial charge on any atom is 0.326 e. The Morgan fingerprint density at radius 1 is 1.05 bits per heavy atom. The highest BCUT2D eigenvalue weighted by atomic mass is 32.2. The summed E-state index contributed by atoms with van der Waals surface area (Å²) in [5.74, 6) is -0.725. The summed E-state index contributed by atoms with van der Waals surface area (Å²) in [6.45, 7) is 6.01. The van der Waals surface area contributed by atoms with Crippen molar-refractivity contribution in [2.75, 3.05) is 37.0 Å². The van der Waals surface area contributed by atoms with Crippen molar-refractivity contribution < 1.29 is 27.5 Å². The number of nitrogens with one attached hydrogen (secondary N) is 3. The van der Waals surface area contributed by atoms with Crippen molar-refractivity contribution in [1.29, 1.82) is 0 Å². The molecule has 1 aliphatic rings. The summed E-state index contributed by atoms with van der Waals surface area (Å²) >= 11 is 0. The second kappa shape index (κ2) is 13.9. The number of benzene rings is 2. The zero-order chi connectivity index (χ0) is 31.0. The number of amides is 1. The number of anilines is 2. The van der Waals surface area contributed by atoms with Crippen LogP contribution in [0.3, 0.4) is 0 Å². The van der Waals surface area contributed by atoms with E-state index in [2.05, 4.69) is 30.2 Å². The molecule has 3 aromatic rings. The SMILES string of the molecule is CO[C@H]1CN(c2cccc(C(=O)NCC(NS(=O)(=O)c3ccccc3)C(=O)OC(C)(C)C)c2)CCC1Nc1ncccn1. The summed E-state index contributed by atoms with van der Waals surface area (Å²) in [6.07, 6.45) is 3.96. The smallest absolute Gasteiger partial charge is 0.326 e. The Bertz CT molecular complexity index is 1480. The van der Waals surface area contributed by atoms with Gasteiger partial charge < -0.3 is 25.0 Å². The number of methoxy groups -OCH3 is 1. The fourth-order valence-corrected chi connectivity index (χ4v) is 5.84. The zero-order valence-electron chi connectivity index (χ0n) is 24.7. The fourth-order valence-electron chi connectivity index (χ4n) is 4.64. The molecule has 0 radical (unpaired) electrons. The van der Waals surface area contributed by atoms with E-state index in [0.717, 1.165) is 12.1 Å². The molecule has 3 N–H and O–H groups in total. The standard InChI is InChI=1S/C30H38N6O6S/c1-30(2,3)42-28(38)25(35-43(39,40)23-12-6-5-7-13-23)19-33-27(37)21-10-8-11-22(18-21)36-17-14-24(26(20-36)41-4)34-29-31-15-9-16-32-29/h5-13,15-16,18,24-26,35H,14,17,19-20H2,1-4H3,(H,33,37)(H,31,32,34)/t24?,25?,26-/m0/s1. The van der Waals surface area contributed by atoms with E-state index in [4.69, 9.17) is 9.47 Å². The molecule has 1 aliphatic heterocycles. The Morgan fingerprint density at radius 3 is 2.44 bits per heavy atom. The van der Waals surface area contributed by atoms with Crippen LogP contribution in [0.5, 0.6) is 0 Å². The number of esters is 1. The highest BCUT2D eigenvalue weighted by molar-refractivity contribution is 7.89. The minimum absolute atomic E-state index is 0.00721. The topological polar surface area (TPSA) is 152 Å². The summed E-state index contributed by atoms with van der Waals surface area (Å²) < 4.78 is 39.5. The van der Waals surface area contributed by atoms with Crippen LogP contribution >= 0.6 is 0 Å². The van der Waals surface area contributed by atoms with Crippen LogP contribution in [0, 0.1) is 0 Å². The molecule has 1 fully saturated rings. The van der Waals surface area contributed by atoms with E-state index >= 15 is 0 Å². The van der Waals surface area contributed by atoms with Gasteiger partial charge in [0.2, 0.25) is 16.0 Å². The van der Waals surface area contributed by atoms with Crippen molar-refractivity contribution in [3.8, 4) is 0 Å². The van der Waals surface area contributed by atoms with Crippen molar-refractivity contribution in [3.63, 3.8) is 0 Å². The van der Waals surface area contributed by atoms with E-state index in [1.165, 1.54) is 12.1 Å². The molecular weight excluding hydrogens is 572 g/mol. The van der Waals surface area contributed by atoms with Crippen LogP contribution in [0.25, 0.3) is 0 Å². The van der Waals surface area contributed by atoms with Crippen LogP contribution in [-0.2, 0) is 24.3 Å². The monoisotopic (exact) mass is 610 g/mol. The Balaban J connectivity index is 1.43. The lowest BCUT2D eigenvalue weighted by Gasteiger charge is -2.39. The summed E-state index contributed by atoms with van der Waals surface area (Å²) in [4.78, 5) is 36.7. The molecule has 13 heteroatoms. The van der Waals surface area contributed by atoms with Crippen molar-refractivity contribution in [2.24, 2.45) is 0 Å². The molecule has 2 heterocycles. The number of ether oxygens (including phenoxy) is 2. The van der Waals surface area contributed by atoms with Gasteiger partial charge in [0.25, 0.3) is 5.91 Å². The molecule has 1 aromatic heterocycles. The van der Waals surface area contributed by atoms with E-state index in [1.54, 1.807) is 82.7 Å². The number of hydrogen-bond acceptors (Lipinski definition) is 10. The van der Waals surface area contributed by atoms with Gasteiger partial charge in [0.05, 0.1) is 17.0 Å². The predicted molar refractivity (Wildman–Crippen MR) is 162 cm³/mol. The molecule has 0 aliphatic carbocycles. The van der Waals surface area contributed by atoms with Gasteiger partial charge in [0.15, 0.2) is 0 Å². The van der Waals surface area contributed by atoms with Crippen LogP contribution in [0.15, 0.2) is 78.0 Å². The first kappa shape index (κ1) is 31.9. The first-order valence-corrected chi connectivity index (χ1v) is 15.4. The Hall–Kier alpha value is -4.07. The van der Waals surface area contributed by atoms with Gasteiger partial charge in [0, 0.05) is 50.4 Å². The lowest BCUT2D eigenvalue weighted by molar-refractivity contribution is -0.156. The first-order valence-electron chi connectivity index (χ1n) is 13.9. The largest absolute Gasteiger partial charge is 0.459 e. The quantitative estimate of drug-likeness (QED) is 0.276. The molecule has 1 saturated heterocycles. The van der Waals surface area contributed by atoms with Gasteiger partial charge >= 0.3 is 5.97 Å². The van der Waals surface area contributed by atoms with Crippen molar-refractivity contribution in [2.45, 2.75) is 55.9 Å². The zero-order valence-corrected chi connectivity index (χ0v) is 25.5. The average molecular weight is 611 g/mol. The van der Waals surface area contributed by atoms with E-state index < -0.39 is 33.5 Å². The van der Waals surface area contributed by atoms with Crippen LogP contribution in [0.2, 0.25) is 0 Å². The predicted octanol–water partition coefficient (Wildman–Crippen LogP) is 2.60. The lowest BCUT2D eigenvalue weighted by atomic mass is 10.0. The number of carbonyl (C=O) groups is 2. The number of hydrogen-bond donors (Lipinski definition) is 3. The molecule has 4 rings (SSSR count). The van der Waals surface area contributed by atoms with E-state index in [-0.39, 0.29) is 23.6 Å². The number of aromatic nitrogens is 2. The summed E-state index contributed by atoms with van der Waals surface area (Å²) in [6, 6.07) is 15.2. The van der Waals surface area contributed by atoms with Crippen LogP contribution < -0.4 is 20.3 Å². The summed E-state index contributed by atoms with van der Waals surface area (Å²) in [5.41, 5.74) is 0.332. The van der Waals surface area contributed by atoms with Gasteiger partial charge in [-0.05, 0) is 63.6 Å². The molecule has 230 valence electrons. The third-order valence-electron chi connectivity index (χ3n) is 6.72. The number of rotatable bonds is 11. The maximum absolute atomic E-state index is 13.2. The molecule has 2 unspecified atom stereocenters. The van der Waals surface area contributed by atoms with Crippen LogP contribution in [0.1, 0.15) is 37.6 Å². The van der Waals surface area contributed by atoms with E-state index in [9.17, 15) is 18.0 Å². The normalized spacial score (nSPS) is 18.0. The Morgan fingerprint density at radius 2 is 1.77 bits per heavy atom. The number of carbonyl (C=O) groups excluding carboxylic acids is 2. The molecule has 0 saturated carbocycles. The summed E-state index contributed by atoms with van der Waals surface area (Å²) in [7, 11) is -2.40. The molecule has 3 atom stereocenters. The minimum Gasteiger partial charge on any atom is -0.459 e. The number of nitrogens with zero attached hydrogens (tertiary/aromatic N) is 3. The third kappa shape index (κ3) is 8.96. The van der Waals surface area contributed by atoms with Gasteiger partial charge in [0.1, 0.15) is 11.6 Å². The Kier molecular flexibility index (Phi) is 10.3. The number of sulfonamides is 1. The van der Waals surface area contributed by atoms with Crippen molar-refractivity contribution in [1.82, 2.24) is 20.0 Å². The lowest BCUT2D eigenvalue weighted by Crippen LogP contribution is -2.51. The molecule has 0 bridgehead atoms. The molecule has 12 nitrogen and oxygen atoms in total. The van der Waals surface area contributed by atoms with E-state index in [0.29, 0.717) is 24.6 Å². The molecule has 2 aromatic carbocycles. The molecular formula is C30H38N6O6S. The van der Waals surface area contributed by atoms with Crippen molar-refractivity contribution in [3.05, 3.63) is 78.6 Å².